The van der Waals surface area contributed by atoms with E-state index < -0.39 is 0 Å². The molecule has 3 heterocycles. The third-order valence-corrected chi connectivity index (χ3v) is 6.67. The summed E-state index contributed by atoms with van der Waals surface area (Å²) >= 11 is 6.45. The van der Waals surface area contributed by atoms with Crippen LogP contribution in [0.5, 0.6) is 5.75 Å². The zero-order chi connectivity index (χ0) is 25.1. The second-order valence-corrected chi connectivity index (χ2v) is 9.23. The van der Waals surface area contributed by atoms with E-state index in [1.807, 2.05) is 12.1 Å². The van der Waals surface area contributed by atoms with Gasteiger partial charge in [0.2, 0.25) is 5.95 Å². The van der Waals surface area contributed by atoms with E-state index >= 15 is 0 Å². The predicted octanol–water partition coefficient (Wildman–Crippen LogP) is 4.28. The lowest BCUT2D eigenvalue weighted by Gasteiger charge is -2.34. The van der Waals surface area contributed by atoms with Crippen LogP contribution in [0.25, 0.3) is 22.2 Å². The van der Waals surface area contributed by atoms with E-state index in [1.54, 1.807) is 25.6 Å². The van der Waals surface area contributed by atoms with Gasteiger partial charge in [0, 0.05) is 73.7 Å². The van der Waals surface area contributed by atoms with Crippen molar-refractivity contribution in [2.45, 2.75) is 6.54 Å². The maximum Gasteiger partial charge on any atom is 0.227 e. The molecular formula is C26H28ClFN6O2. The predicted molar refractivity (Wildman–Crippen MR) is 139 cm³/mol. The molecule has 0 amide bonds. The van der Waals surface area contributed by atoms with Gasteiger partial charge in [-0.25, -0.2) is 14.4 Å². The number of β-amino-alcohol motifs (C(OH)–C–C–N with tert-alkyl or cyclic N) is 1. The number of aromatic amines is 1. The molecule has 0 unspecified atom stereocenters. The highest BCUT2D eigenvalue weighted by molar-refractivity contribution is 6.33. The number of aliphatic hydroxyl groups excluding tert-OH is 1. The van der Waals surface area contributed by atoms with Gasteiger partial charge in [-0.1, -0.05) is 11.6 Å². The van der Waals surface area contributed by atoms with Crippen LogP contribution >= 0.6 is 11.6 Å². The van der Waals surface area contributed by atoms with Crippen LogP contribution in [0.1, 0.15) is 5.56 Å². The van der Waals surface area contributed by atoms with E-state index in [0.717, 1.165) is 67.2 Å². The van der Waals surface area contributed by atoms with Crippen LogP contribution in [0.3, 0.4) is 0 Å². The Morgan fingerprint density at radius 1 is 1.14 bits per heavy atom. The molecule has 8 nitrogen and oxygen atoms in total. The van der Waals surface area contributed by atoms with Crippen molar-refractivity contribution in [3.05, 3.63) is 65.2 Å². The first-order chi connectivity index (χ1) is 17.5. The number of methoxy groups -OCH3 is 1. The molecule has 188 valence electrons. The summed E-state index contributed by atoms with van der Waals surface area (Å²) in [6.45, 7) is 5.47. The zero-order valence-electron chi connectivity index (χ0n) is 20.0. The Bertz CT molecular complexity index is 1360. The minimum absolute atomic E-state index is 0.193. The highest BCUT2D eigenvalue weighted by Crippen LogP contribution is 2.33. The molecule has 0 saturated carbocycles. The summed E-state index contributed by atoms with van der Waals surface area (Å²) in [5, 5.41) is 13.7. The molecule has 5 rings (SSSR count). The zero-order valence-corrected chi connectivity index (χ0v) is 20.7. The first-order valence-corrected chi connectivity index (χ1v) is 12.2. The fourth-order valence-electron chi connectivity index (χ4n) is 4.55. The first-order valence-electron chi connectivity index (χ1n) is 11.8. The van der Waals surface area contributed by atoms with E-state index in [1.165, 1.54) is 12.1 Å². The number of benzene rings is 2. The van der Waals surface area contributed by atoms with Crippen LogP contribution in [0.15, 0.2) is 48.8 Å². The number of H-pyrrole nitrogens is 1. The van der Waals surface area contributed by atoms with E-state index in [4.69, 9.17) is 21.4 Å². The van der Waals surface area contributed by atoms with Crippen LogP contribution in [0.4, 0.5) is 16.0 Å². The normalized spacial score (nSPS) is 14.9. The molecule has 1 saturated heterocycles. The van der Waals surface area contributed by atoms with Crippen molar-refractivity contribution >= 4 is 34.1 Å². The van der Waals surface area contributed by atoms with Gasteiger partial charge in [0.25, 0.3) is 0 Å². The highest BCUT2D eigenvalue weighted by Gasteiger charge is 2.18. The molecule has 0 spiro atoms. The Balaban J connectivity index is 1.36. The fraction of sp³-hybridized carbons (Fsp3) is 0.308. The van der Waals surface area contributed by atoms with Crippen molar-refractivity contribution in [1.82, 2.24) is 24.8 Å². The molecule has 3 N–H and O–H groups in total. The molecule has 1 aliphatic heterocycles. The number of aromatic nitrogens is 3. The smallest absolute Gasteiger partial charge is 0.227 e. The van der Waals surface area contributed by atoms with Crippen LogP contribution < -0.4 is 10.1 Å². The standard InChI is InChI=1S/C26H28ClFN6O2/c1-36-20-11-17(16-34-6-4-33(5-7-34)8-9-35)10-19(13-20)31-26-30-15-23(27)25(32-26)22-14-29-24-12-18(28)2-3-21(22)24/h2-3,10-15,29,35H,4-9,16H2,1H3,(H,30,31,32). The van der Waals surface area contributed by atoms with Gasteiger partial charge in [0.15, 0.2) is 0 Å². The van der Waals surface area contributed by atoms with Gasteiger partial charge in [-0.15, -0.1) is 0 Å². The van der Waals surface area contributed by atoms with Gasteiger partial charge in [-0.05, 0) is 35.9 Å². The summed E-state index contributed by atoms with van der Waals surface area (Å²) in [6.07, 6.45) is 3.33. The number of fused-ring (bicyclic) bond motifs is 1. The number of anilines is 2. The number of halogens is 2. The summed E-state index contributed by atoms with van der Waals surface area (Å²) < 4.78 is 19.2. The quantitative estimate of drug-likeness (QED) is 0.326. The van der Waals surface area contributed by atoms with Gasteiger partial charge in [-0.2, -0.15) is 0 Å². The number of nitrogens with one attached hydrogen (secondary N) is 2. The summed E-state index contributed by atoms with van der Waals surface area (Å²) in [6, 6.07) is 10.6. The van der Waals surface area contributed by atoms with Gasteiger partial charge < -0.3 is 20.1 Å². The van der Waals surface area contributed by atoms with Crippen molar-refractivity contribution in [3.63, 3.8) is 0 Å². The molecule has 0 aliphatic carbocycles. The first kappa shape index (κ1) is 24.5. The molecule has 1 aliphatic rings. The molecular weight excluding hydrogens is 483 g/mol. The maximum absolute atomic E-state index is 13.6. The van der Waals surface area contributed by atoms with Crippen molar-refractivity contribution in [2.75, 3.05) is 51.8 Å². The number of aliphatic hydroxyl groups is 1. The molecule has 2 aromatic heterocycles. The van der Waals surface area contributed by atoms with E-state index in [2.05, 4.69) is 36.1 Å². The van der Waals surface area contributed by atoms with Crippen LogP contribution in [-0.2, 0) is 6.54 Å². The largest absolute Gasteiger partial charge is 0.497 e. The number of rotatable bonds is 8. The average molecular weight is 511 g/mol. The summed E-state index contributed by atoms with van der Waals surface area (Å²) in [7, 11) is 1.65. The van der Waals surface area contributed by atoms with Gasteiger partial charge in [0.05, 0.1) is 30.6 Å². The van der Waals surface area contributed by atoms with Gasteiger partial charge in [-0.3, -0.25) is 9.80 Å². The molecule has 1 fully saturated rings. The Labute approximate surface area is 213 Å². The molecule has 0 bridgehead atoms. The molecule has 0 atom stereocenters. The summed E-state index contributed by atoms with van der Waals surface area (Å²) in [5.41, 5.74) is 3.91. The third kappa shape index (κ3) is 5.44. The summed E-state index contributed by atoms with van der Waals surface area (Å²) in [5.74, 6) is 0.817. The van der Waals surface area contributed by atoms with Gasteiger partial charge in [0.1, 0.15) is 11.6 Å². The third-order valence-electron chi connectivity index (χ3n) is 6.39. The lowest BCUT2D eigenvalue weighted by Crippen LogP contribution is -2.46. The molecule has 0 radical (unpaired) electrons. The number of hydrogen-bond donors (Lipinski definition) is 3. The number of piperazine rings is 1. The van der Waals surface area contributed by atoms with Crippen molar-refractivity contribution < 1.29 is 14.2 Å². The van der Waals surface area contributed by atoms with Crippen LogP contribution in [-0.4, -0.2) is 76.3 Å². The minimum Gasteiger partial charge on any atom is -0.497 e. The highest BCUT2D eigenvalue weighted by atomic mass is 35.5. The SMILES string of the molecule is COc1cc(CN2CCN(CCO)CC2)cc(Nc2ncc(Cl)c(-c3c[nH]c4cc(F)ccc34)n2)c1. The number of hydrogen-bond acceptors (Lipinski definition) is 7. The van der Waals surface area contributed by atoms with E-state index in [-0.39, 0.29) is 12.4 Å². The molecule has 10 heteroatoms. The van der Waals surface area contributed by atoms with E-state index in [0.29, 0.717) is 22.2 Å². The van der Waals surface area contributed by atoms with Crippen LogP contribution in [0, 0.1) is 5.82 Å². The lowest BCUT2D eigenvalue weighted by molar-refractivity contribution is 0.108. The maximum atomic E-state index is 13.6. The Hall–Kier alpha value is -3.24. The Kier molecular flexibility index (Phi) is 7.33. The second kappa shape index (κ2) is 10.8. The van der Waals surface area contributed by atoms with Crippen molar-refractivity contribution in [3.8, 4) is 17.0 Å². The average Bonchev–Trinajstić information content (AvgIpc) is 3.29. The minimum atomic E-state index is -0.312. The monoisotopic (exact) mass is 510 g/mol. The molecule has 2 aromatic carbocycles. The van der Waals surface area contributed by atoms with E-state index in [9.17, 15) is 4.39 Å². The number of ether oxygens (including phenoxy) is 1. The lowest BCUT2D eigenvalue weighted by atomic mass is 10.1. The summed E-state index contributed by atoms with van der Waals surface area (Å²) in [4.78, 5) is 16.8. The molecule has 36 heavy (non-hydrogen) atoms. The fourth-order valence-corrected chi connectivity index (χ4v) is 4.75. The Morgan fingerprint density at radius 3 is 2.72 bits per heavy atom. The Morgan fingerprint density at radius 2 is 1.94 bits per heavy atom. The molecule has 4 aromatic rings. The topological polar surface area (TPSA) is 89.5 Å². The number of nitrogens with zero attached hydrogens (tertiary/aromatic N) is 4. The van der Waals surface area contributed by atoms with Crippen LogP contribution in [0.2, 0.25) is 5.02 Å². The van der Waals surface area contributed by atoms with Crippen molar-refractivity contribution in [1.29, 1.82) is 0 Å². The van der Waals surface area contributed by atoms with Crippen molar-refractivity contribution in [2.24, 2.45) is 0 Å². The van der Waals surface area contributed by atoms with Gasteiger partial charge >= 0.3 is 0 Å². The second-order valence-electron chi connectivity index (χ2n) is 8.82.